The van der Waals surface area contributed by atoms with Crippen LogP contribution in [0.3, 0.4) is 0 Å². The van der Waals surface area contributed by atoms with E-state index in [0.29, 0.717) is 10.9 Å². The quantitative estimate of drug-likeness (QED) is 0.447. The topological polar surface area (TPSA) is 146 Å². The van der Waals surface area contributed by atoms with E-state index in [-0.39, 0.29) is 39.0 Å². The van der Waals surface area contributed by atoms with Gasteiger partial charge in [0.25, 0.3) is 12.3 Å². The van der Waals surface area contributed by atoms with Gasteiger partial charge in [0.2, 0.25) is 5.91 Å². The van der Waals surface area contributed by atoms with Gasteiger partial charge in [-0.15, -0.1) is 11.3 Å². The summed E-state index contributed by atoms with van der Waals surface area (Å²) in [6.45, 7) is 4.10. The Morgan fingerprint density at radius 1 is 1.37 bits per heavy atom. The Labute approximate surface area is 171 Å². The molecule has 0 radical (unpaired) electrons. The Morgan fingerprint density at radius 2 is 2.03 bits per heavy atom. The van der Waals surface area contributed by atoms with Crippen LogP contribution in [0.4, 0.5) is 20.2 Å². The Balaban J connectivity index is 2.00. The van der Waals surface area contributed by atoms with E-state index in [0.717, 1.165) is 11.3 Å². The van der Waals surface area contributed by atoms with Gasteiger partial charge in [-0.05, 0) is 32.4 Å². The molecule has 10 nitrogen and oxygen atoms in total. The largest absolute Gasteiger partial charge is 0.365 e. The molecular formula is C17H16F2N6O4S. The normalized spacial score (nSPS) is 11.3. The third-order valence-electron chi connectivity index (χ3n) is 4.41. The molecule has 13 heteroatoms. The second-order valence-electron chi connectivity index (χ2n) is 6.50. The fourth-order valence-corrected chi connectivity index (χ4v) is 4.20. The monoisotopic (exact) mass is 438 g/mol. The van der Waals surface area contributed by atoms with Gasteiger partial charge in [-0.3, -0.25) is 24.4 Å². The smallest absolute Gasteiger partial charge is 0.312 e. The summed E-state index contributed by atoms with van der Waals surface area (Å²) in [5.41, 5.74) is 5.54. The number of aromatic nitrogens is 3. The van der Waals surface area contributed by atoms with Gasteiger partial charge < -0.3 is 11.1 Å². The number of carbonyl (C=O) groups is 2. The number of nitro groups is 1. The van der Waals surface area contributed by atoms with E-state index in [4.69, 9.17) is 5.73 Å². The molecular weight excluding hydrogens is 422 g/mol. The molecule has 0 aliphatic heterocycles. The summed E-state index contributed by atoms with van der Waals surface area (Å²) in [7, 11) is 0. The predicted molar refractivity (Wildman–Crippen MR) is 105 cm³/mol. The number of aryl methyl sites for hydroxylation is 2. The van der Waals surface area contributed by atoms with Crippen molar-refractivity contribution in [2.24, 2.45) is 5.73 Å². The number of rotatable bonds is 6. The number of nitrogens with one attached hydrogen (secondary N) is 1. The van der Waals surface area contributed by atoms with Crippen LogP contribution in [0.1, 0.15) is 38.7 Å². The second kappa shape index (κ2) is 7.74. The average Bonchev–Trinajstić information content (AvgIpc) is 3.12. The van der Waals surface area contributed by atoms with Crippen LogP contribution < -0.4 is 11.1 Å². The third-order valence-corrected chi connectivity index (χ3v) is 5.51. The molecule has 3 aromatic heterocycles. The highest BCUT2D eigenvalue weighted by Gasteiger charge is 2.25. The third kappa shape index (κ3) is 3.70. The fraction of sp³-hybridized carbons (Fsp3) is 0.294. The second-order valence-corrected chi connectivity index (χ2v) is 7.50. The van der Waals surface area contributed by atoms with Crippen molar-refractivity contribution in [2.45, 2.75) is 33.7 Å². The number of carbonyl (C=O) groups excluding carboxylic acids is 2. The summed E-state index contributed by atoms with van der Waals surface area (Å²) in [4.78, 5) is 38.9. The lowest BCUT2D eigenvalue weighted by Gasteiger charge is -2.09. The molecule has 3 aromatic rings. The number of thiophene rings is 1. The van der Waals surface area contributed by atoms with E-state index in [1.807, 2.05) is 0 Å². The molecule has 30 heavy (non-hydrogen) atoms. The van der Waals surface area contributed by atoms with Crippen LogP contribution in [0.15, 0.2) is 6.07 Å². The molecule has 3 rings (SSSR count). The maximum atomic E-state index is 13.0. The molecule has 158 valence electrons. The van der Waals surface area contributed by atoms with Crippen molar-refractivity contribution in [1.82, 2.24) is 14.8 Å². The highest BCUT2D eigenvalue weighted by molar-refractivity contribution is 7.21. The van der Waals surface area contributed by atoms with Crippen molar-refractivity contribution in [2.75, 3.05) is 5.32 Å². The summed E-state index contributed by atoms with van der Waals surface area (Å²) in [5, 5.41) is 18.0. The van der Waals surface area contributed by atoms with E-state index in [2.05, 4.69) is 15.4 Å². The molecule has 0 saturated carbocycles. The Kier molecular flexibility index (Phi) is 5.48. The Morgan fingerprint density at radius 3 is 2.57 bits per heavy atom. The van der Waals surface area contributed by atoms with Crippen molar-refractivity contribution in [1.29, 1.82) is 0 Å². The van der Waals surface area contributed by atoms with Crippen molar-refractivity contribution < 1.29 is 23.3 Å². The van der Waals surface area contributed by atoms with Crippen LogP contribution in [0.5, 0.6) is 0 Å². The fourth-order valence-electron chi connectivity index (χ4n) is 3.13. The Hall–Kier alpha value is -3.48. The predicted octanol–water partition coefficient (Wildman–Crippen LogP) is 3.00. The maximum absolute atomic E-state index is 13.0. The summed E-state index contributed by atoms with van der Waals surface area (Å²) >= 11 is 0.794. The first-order chi connectivity index (χ1) is 14.0. The molecule has 0 bridgehead atoms. The molecule has 0 atom stereocenters. The van der Waals surface area contributed by atoms with Crippen LogP contribution in [0.2, 0.25) is 0 Å². The molecule has 3 heterocycles. The number of nitrogens with two attached hydrogens (primary N) is 1. The van der Waals surface area contributed by atoms with Crippen LogP contribution in [0.25, 0.3) is 10.2 Å². The van der Waals surface area contributed by atoms with Gasteiger partial charge in [-0.2, -0.15) is 5.10 Å². The molecule has 0 aliphatic rings. The molecule has 0 fully saturated rings. The highest BCUT2D eigenvalue weighted by Crippen LogP contribution is 2.38. The van der Waals surface area contributed by atoms with Gasteiger partial charge in [0, 0.05) is 5.39 Å². The molecule has 2 amide bonds. The summed E-state index contributed by atoms with van der Waals surface area (Å²) in [5.74, 6) is -1.48. The first kappa shape index (κ1) is 21.2. The van der Waals surface area contributed by atoms with E-state index >= 15 is 0 Å². The molecule has 3 N–H and O–H groups in total. The molecule has 0 aromatic carbocycles. The number of alkyl halides is 2. The number of anilines is 1. The number of fused-ring (bicyclic) bond motifs is 1. The number of hydrogen-bond acceptors (Lipinski definition) is 7. The first-order valence-electron chi connectivity index (χ1n) is 8.51. The minimum atomic E-state index is -2.80. The molecule has 0 saturated heterocycles. The number of halogens is 2. The first-order valence-corrected chi connectivity index (χ1v) is 9.33. The number of primary amides is 1. The zero-order chi connectivity index (χ0) is 22.3. The van der Waals surface area contributed by atoms with E-state index < -0.39 is 28.9 Å². The van der Waals surface area contributed by atoms with E-state index in [1.165, 1.54) is 24.6 Å². The van der Waals surface area contributed by atoms with Crippen LogP contribution in [-0.4, -0.2) is 31.5 Å². The van der Waals surface area contributed by atoms with Crippen molar-refractivity contribution in [3.05, 3.63) is 43.7 Å². The van der Waals surface area contributed by atoms with Gasteiger partial charge in [0.15, 0.2) is 0 Å². The van der Waals surface area contributed by atoms with Crippen molar-refractivity contribution >= 4 is 44.7 Å². The zero-order valence-electron chi connectivity index (χ0n) is 16.0. The lowest BCUT2D eigenvalue weighted by molar-refractivity contribution is -0.386. The summed E-state index contributed by atoms with van der Waals surface area (Å²) < 4.78 is 27.3. The standard InChI is InChI=1S/C17H16F2N6O4S/c1-6-4-9(15(18)19)21-17-11(6)12(14(30-17)16(20)27)22-10(26)5-24-8(3)13(25(28)29)7(2)23-24/h4,15H,5H2,1-3H3,(H2,20,27)(H,22,26). The summed E-state index contributed by atoms with van der Waals surface area (Å²) in [6, 6.07) is 1.17. The van der Waals surface area contributed by atoms with Crippen LogP contribution >= 0.6 is 11.3 Å². The van der Waals surface area contributed by atoms with Crippen molar-refractivity contribution in [3.63, 3.8) is 0 Å². The molecule has 0 spiro atoms. The van der Waals surface area contributed by atoms with E-state index in [9.17, 15) is 28.5 Å². The zero-order valence-corrected chi connectivity index (χ0v) is 16.8. The number of nitrogens with zero attached hydrogens (tertiary/aromatic N) is 4. The average molecular weight is 438 g/mol. The molecule has 0 aliphatic carbocycles. The molecule has 0 unspecified atom stereocenters. The highest BCUT2D eigenvalue weighted by atomic mass is 32.1. The lowest BCUT2D eigenvalue weighted by Crippen LogP contribution is -2.22. The summed E-state index contributed by atoms with van der Waals surface area (Å²) in [6.07, 6.45) is -2.80. The maximum Gasteiger partial charge on any atom is 0.312 e. The van der Waals surface area contributed by atoms with Gasteiger partial charge >= 0.3 is 5.69 Å². The number of hydrogen-bond donors (Lipinski definition) is 2. The lowest BCUT2D eigenvalue weighted by atomic mass is 10.1. The minimum absolute atomic E-state index is 0.0419. The van der Waals surface area contributed by atoms with Crippen LogP contribution in [-0.2, 0) is 11.3 Å². The van der Waals surface area contributed by atoms with Crippen molar-refractivity contribution in [3.8, 4) is 0 Å². The SMILES string of the molecule is Cc1nn(CC(=O)Nc2c(C(N)=O)sc3nc(C(F)F)cc(C)c23)c(C)c1[N+](=O)[O-]. The van der Waals surface area contributed by atoms with Gasteiger partial charge in [0.05, 0.1) is 10.6 Å². The minimum Gasteiger partial charge on any atom is -0.365 e. The van der Waals surface area contributed by atoms with Crippen LogP contribution in [0, 0.1) is 30.9 Å². The number of amides is 2. The van der Waals surface area contributed by atoms with Gasteiger partial charge in [0.1, 0.15) is 33.3 Å². The van der Waals surface area contributed by atoms with Gasteiger partial charge in [-0.1, -0.05) is 0 Å². The number of pyridine rings is 1. The van der Waals surface area contributed by atoms with Gasteiger partial charge in [-0.25, -0.2) is 13.8 Å². The van der Waals surface area contributed by atoms with E-state index in [1.54, 1.807) is 6.92 Å². The Bertz CT molecular complexity index is 1200.